The maximum atomic E-state index is 13.0. The van der Waals surface area contributed by atoms with E-state index in [-0.39, 0.29) is 44.0 Å². The minimum absolute atomic E-state index is 0.0370. The number of ether oxygens (including phenoxy) is 2. The molecule has 8 heteroatoms. The second kappa shape index (κ2) is 15.6. The first kappa shape index (κ1) is 26.8. The summed E-state index contributed by atoms with van der Waals surface area (Å²) >= 11 is 0. The van der Waals surface area contributed by atoms with Gasteiger partial charge in [-0.15, -0.1) is 13.2 Å². The van der Waals surface area contributed by atoms with Crippen LogP contribution in [-0.4, -0.2) is 61.4 Å². The van der Waals surface area contributed by atoms with Crippen molar-refractivity contribution >= 4 is 17.8 Å². The molecular formula is C23H38N2O6. The third-order valence-electron chi connectivity index (χ3n) is 5.31. The normalized spacial score (nSPS) is 15.6. The summed E-state index contributed by atoms with van der Waals surface area (Å²) in [7, 11) is 0. The maximum absolute atomic E-state index is 13.0. The van der Waals surface area contributed by atoms with E-state index in [2.05, 4.69) is 23.8 Å². The maximum Gasteiger partial charge on any atom is 0.305 e. The molecule has 31 heavy (non-hydrogen) atoms. The van der Waals surface area contributed by atoms with Crippen molar-refractivity contribution in [1.29, 1.82) is 0 Å². The Morgan fingerprint density at radius 1 is 1.13 bits per heavy atom. The lowest BCUT2D eigenvalue weighted by Crippen LogP contribution is -2.52. The van der Waals surface area contributed by atoms with E-state index in [1.807, 2.05) is 0 Å². The summed E-state index contributed by atoms with van der Waals surface area (Å²) in [5, 5.41) is 14.5. The van der Waals surface area contributed by atoms with Crippen LogP contribution in [0, 0.1) is 5.92 Å². The molecule has 1 unspecified atom stereocenters. The van der Waals surface area contributed by atoms with Crippen LogP contribution in [0.5, 0.6) is 0 Å². The number of allylic oxidation sites excluding steroid dienone is 2. The fourth-order valence-corrected chi connectivity index (χ4v) is 3.61. The molecule has 0 radical (unpaired) electrons. The highest BCUT2D eigenvalue weighted by Crippen LogP contribution is 2.31. The number of amides is 2. The van der Waals surface area contributed by atoms with E-state index in [0.717, 1.165) is 32.1 Å². The van der Waals surface area contributed by atoms with Crippen LogP contribution in [0.4, 0.5) is 0 Å². The van der Waals surface area contributed by atoms with Gasteiger partial charge in [0.05, 0.1) is 31.3 Å². The van der Waals surface area contributed by atoms with Crippen molar-refractivity contribution in [3.63, 3.8) is 0 Å². The molecule has 176 valence electrons. The monoisotopic (exact) mass is 438 g/mol. The molecule has 1 atom stereocenters. The topological polar surface area (TPSA) is 114 Å². The molecule has 0 aromatic carbocycles. The van der Waals surface area contributed by atoms with Gasteiger partial charge in [-0.1, -0.05) is 25.0 Å². The van der Waals surface area contributed by atoms with Gasteiger partial charge in [0.15, 0.2) is 0 Å². The second-order valence-corrected chi connectivity index (χ2v) is 7.93. The molecule has 1 fully saturated rings. The first-order valence-electron chi connectivity index (χ1n) is 11.1. The lowest BCUT2D eigenvalue weighted by atomic mass is 9.94. The van der Waals surface area contributed by atoms with E-state index >= 15 is 0 Å². The Bertz CT molecular complexity index is 587. The largest absolute Gasteiger partial charge is 0.463 e. The quantitative estimate of drug-likeness (QED) is 0.182. The number of rotatable bonds is 17. The van der Waals surface area contributed by atoms with Crippen LogP contribution >= 0.6 is 0 Å². The van der Waals surface area contributed by atoms with E-state index in [9.17, 15) is 14.4 Å². The molecule has 0 heterocycles. The Morgan fingerprint density at radius 2 is 1.87 bits per heavy atom. The predicted octanol–water partition coefficient (Wildman–Crippen LogP) is 2.02. The van der Waals surface area contributed by atoms with Crippen molar-refractivity contribution in [1.82, 2.24) is 10.6 Å². The van der Waals surface area contributed by atoms with Crippen LogP contribution in [0.15, 0.2) is 25.3 Å². The highest BCUT2D eigenvalue weighted by Gasteiger charge is 2.38. The third-order valence-corrected chi connectivity index (χ3v) is 5.31. The molecular weight excluding hydrogens is 400 g/mol. The molecule has 1 rings (SSSR count). The summed E-state index contributed by atoms with van der Waals surface area (Å²) in [6.45, 7) is 8.25. The zero-order chi connectivity index (χ0) is 23.0. The zero-order valence-corrected chi connectivity index (χ0v) is 18.5. The number of carbonyl (C=O) groups is 3. The summed E-state index contributed by atoms with van der Waals surface area (Å²) in [5.41, 5.74) is -0.570. The SMILES string of the molecule is C=CCCCC(=O)OCC1(NC(=O)C(CC=C)CC(=O)NCCOCCO)CCCC1. The van der Waals surface area contributed by atoms with E-state index in [1.165, 1.54) is 0 Å². The molecule has 1 aliphatic rings. The standard InChI is InChI=1S/C23H38N2O6/c1-3-5-6-10-21(28)31-18-23(11-7-8-12-23)25-22(29)19(9-4-2)17-20(27)24-13-15-30-16-14-26/h3-4,19,26H,1-2,5-18H2,(H,24,27)(H,25,29). The van der Waals surface area contributed by atoms with E-state index in [4.69, 9.17) is 14.6 Å². The number of aliphatic hydroxyl groups excluding tert-OH is 1. The van der Waals surface area contributed by atoms with Crippen LogP contribution < -0.4 is 10.6 Å². The van der Waals surface area contributed by atoms with Gasteiger partial charge in [0.2, 0.25) is 11.8 Å². The van der Waals surface area contributed by atoms with Crippen molar-refractivity contribution in [2.75, 3.05) is 33.0 Å². The lowest BCUT2D eigenvalue weighted by molar-refractivity contribution is -0.147. The van der Waals surface area contributed by atoms with Crippen LogP contribution in [0.2, 0.25) is 0 Å². The van der Waals surface area contributed by atoms with Gasteiger partial charge in [0.1, 0.15) is 6.61 Å². The van der Waals surface area contributed by atoms with Crippen LogP contribution in [0.3, 0.4) is 0 Å². The number of esters is 1. The minimum Gasteiger partial charge on any atom is -0.463 e. The fourth-order valence-electron chi connectivity index (χ4n) is 3.61. The molecule has 0 spiro atoms. The Morgan fingerprint density at radius 3 is 2.52 bits per heavy atom. The Hall–Kier alpha value is -2.19. The zero-order valence-electron chi connectivity index (χ0n) is 18.5. The van der Waals surface area contributed by atoms with Crippen molar-refractivity contribution in [2.45, 2.75) is 63.3 Å². The third kappa shape index (κ3) is 11.1. The van der Waals surface area contributed by atoms with Gasteiger partial charge in [0, 0.05) is 19.4 Å². The molecule has 1 saturated carbocycles. The van der Waals surface area contributed by atoms with Crippen molar-refractivity contribution < 1.29 is 29.0 Å². The molecule has 0 aliphatic heterocycles. The van der Waals surface area contributed by atoms with Gasteiger partial charge in [-0.3, -0.25) is 14.4 Å². The van der Waals surface area contributed by atoms with Gasteiger partial charge >= 0.3 is 5.97 Å². The van der Waals surface area contributed by atoms with Crippen molar-refractivity contribution in [3.05, 3.63) is 25.3 Å². The molecule has 0 aromatic heterocycles. The van der Waals surface area contributed by atoms with E-state index in [0.29, 0.717) is 32.4 Å². The average molecular weight is 439 g/mol. The summed E-state index contributed by atoms with van der Waals surface area (Å²) in [4.78, 5) is 37.2. The fraction of sp³-hybridized carbons (Fsp3) is 0.696. The van der Waals surface area contributed by atoms with E-state index in [1.54, 1.807) is 12.2 Å². The number of aliphatic hydroxyl groups is 1. The predicted molar refractivity (Wildman–Crippen MR) is 118 cm³/mol. The Labute approximate surface area is 185 Å². The van der Waals surface area contributed by atoms with E-state index < -0.39 is 11.5 Å². The highest BCUT2D eigenvalue weighted by atomic mass is 16.5. The first-order chi connectivity index (χ1) is 15.0. The molecule has 0 aromatic rings. The molecule has 3 N–H and O–H groups in total. The smallest absolute Gasteiger partial charge is 0.305 e. The number of carbonyl (C=O) groups excluding carboxylic acids is 3. The number of unbranched alkanes of at least 4 members (excludes halogenated alkanes) is 1. The summed E-state index contributed by atoms with van der Waals surface area (Å²) < 4.78 is 10.6. The van der Waals surface area contributed by atoms with Gasteiger partial charge in [0.25, 0.3) is 0 Å². The average Bonchev–Trinajstić information content (AvgIpc) is 3.20. The number of hydrogen-bond acceptors (Lipinski definition) is 6. The molecule has 2 amide bonds. The van der Waals surface area contributed by atoms with Crippen LogP contribution in [-0.2, 0) is 23.9 Å². The van der Waals surface area contributed by atoms with Crippen molar-refractivity contribution in [2.24, 2.45) is 5.92 Å². The van der Waals surface area contributed by atoms with Gasteiger partial charge in [-0.05, 0) is 32.1 Å². The summed E-state index contributed by atoms with van der Waals surface area (Å²) in [6.07, 6.45) is 8.99. The highest BCUT2D eigenvalue weighted by molar-refractivity contribution is 5.86. The van der Waals surface area contributed by atoms with Crippen LogP contribution in [0.1, 0.15) is 57.8 Å². The molecule has 8 nitrogen and oxygen atoms in total. The van der Waals surface area contributed by atoms with Gasteiger partial charge in [-0.2, -0.15) is 0 Å². The molecule has 0 saturated heterocycles. The Balaban J connectivity index is 2.57. The summed E-state index contributed by atoms with van der Waals surface area (Å²) in [5.74, 6) is -1.29. The summed E-state index contributed by atoms with van der Waals surface area (Å²) in [6, 6.07) is 0. The number of hydrogen-bond donors (Lipinski definition) is 3. The molecule has 1 aliphatic carbocycles. The number of nitrogens with one attached hydrogen (secondary N) is 2. The van der Waals surface area contributed by atoms with Crippen molar-refractivity contribution in [3.8, 4) is 0 Å². The second-order valence-electron chi connectivity index (χ2n) is 7.93. The minimum atomic E-state index is -0.570. The Kier molecular flexibility index (Phi) is 13.5. The molecule has 0 bridgehead atoms. The van der Waals surface area contributed by atoms with Gasteiger partial charge < -0.3 is 25.2 Å². The van der Waals surface area contributed by atoms with Gasteiger partial charge in [-0.25, -0.2) is 0 Å². The van der Waals surface area contributed by atoms with Crippen LogP contribution in [0.25, 0.3) is 0 Å². The lowest BCUT2D eigenvalue weighted by Gasteiger charge is -2.31. The first-order valence-corrected chi connectivity index (χ1v) is 11.1.